The summed E-state index contributed by atoms with van der Waals surface area (Å²) < 4.78 is 9.11. The van der Waals surface area contributed by atoms with Crippen LogP contribution in [0.15, 0.2) is 0 Å². The summed E-state index contributed by atoms with van der Waals surface area (Å²) in [4.78, 5) is 20.9. The predicted molar refractivity (Wildman–Crippen MR) is 59.2 cm³/mol. The fourth-order valence-electron chi connectivity index (χ4n) is 0.550. The number of amides is 1. The van der Waals surface area contributed by atoms with Gasteiger partial charge in [0.1, 0.15) is 18.0 Å². The van der Waals surface area contributed by atoms with Crippen LogP contribution in [0.4, 0.5) is 4.79 Å². The number of ether oxygens (including phenoxy) is 2. The van der Waals surface area contributed by atoms with E-state index >= 15 is 0 Å². The molecule has 0 heterocycles. The van der Waals surface area contributed by atoms with Gasteiger partial charge in [-0.15, -0.1) is 0 Å². The number of aliphatic hydroxyl groups excluding tert-OH is 1. The van der Waals surface area contributed by atoms with Crippen molar-refractivity contribution in [2.24, 2.45) is 0 Å². The van der Waals surface area contributed by atoms with Crippen molar-refractivity contribution in [2.75, 3.05) is 20.8 Å². The summed E-state index contributed by atoms with van der Waals surface area (Å²) in [6.45, 7) is 5.05. The van der Waals surface area contributed by atoms with Crippen molar-refractivity contribution in [3.05, 3.63) is 0 Å². The van der Waals surface area contributed by atoms with Gasteiger partial charge in [0.05, 0.1) is 6.54 Å². The van der Waals surface area contributed by atoms with Gasteiger partial charge in [0.2, 0.25) is 0 Å². The normalized spacial score (nSPS) is 11.9. The smallest absolute Gasteiger partial charge is 0.407 e. The fraction of sp³-hybridized carbons (Fsp3) is 0.800. The summed E-state index contributed by atoms with van der Waals surface area (Å²) in [6.07, 6.45) is -1.47. The first-order chi connectivity index (χ1) is 7.26. The summed E-state index contributed by atoms with van der Waals surface area (Å²) >= 11 is 0. The van der Waals surface area contributed by atoms with E-state index in [0.29, 0.717) is 6.29 Å². The largest absolute Gasteiger partial charge is 0.444 e. The Bertz CT molecular complexity index is 200. The van der Waals surface area contributed by atoms with Crippen molar-refractivity contribution in [2.45, 2.75) is 32.5 Å². The molecule has 0 aromatic heterocycles. The van der Waals surface area contributed by atoms with Crippen molar-refractivity contribution in [1.82, 2.24) is 5.32 Å². The molecule has 6 heteroatoms. The highest BCUT2D eigenvalue weighted by molar-refractivity contribution is 5.68. The Morgan fingerprint density at radius 1 is 1.44 bits per heavy atom. The van der Waals surface area contributed by atoms with Crippen molar-refractivity contribution < 1.29 is 24.2 Å². The molecular formula is C10H21NO5. The fourth-order valence-corrected chi connectivity index (χ4v) is 0.550. The van der Waals surface area contributed by atoms with E-state index in [0.717, 1.165) is 0 Å². The maximum Gasteiger partial charge on any atom is 0.407 e. The van der Waals surface area contributed by atoms with Crippen molar-refractivity contribution in [3.63, 3.8) is 0 Å². The maximum absolute atomic E-state index is 10.9. The Balaban J connectivity index is 0. The Hall–Kier alpha value is -1.14. The van der Waals surface area contributed by atoms with E-state index in [1.165, 1.54) is 0 Å². The molecule has 0 rings (SSSR count). The van der Waals surface area contributed by atoms with E-state index in [9.17, 15) is 9.59 Å². The van der Waals surface area contributed by atoms with Gasteiger partial charge in [0, 0.05) is 14.2 Å². The summed E-state index contributed by atoms with van der Waals surface area (Å²) in [6, 6.07) is 0. The molecule has 0 bridgehead atoms. The first kappa shape index (κ1) is 17.3. The Morgan fingerprint density at radius 3 is 2.19 bits per heavy atom. The van der Waals surface area contributed by atoms with E-state index in [4.69, 9.17) is 9.84 Å². The monoisotopic (exact) mass is 235 g/mol. The minimum absolute atomic E-state index is 0.127. The average Bonchev–Trinajstić information content (AvgIpc) is 2.12. The number of aliphatic hydroxyl groups is 1. The van der Waals surface area contributed by atoms with Crippen LogP contribution >= 0.6 is 0 Å². The molecule has 0 aromatic rings. The van der Waals surface area contributed by atoms with E-state index in [1.807, 2.05) is 0 Å². The number of methoxy groups -OCH3 is 1. The van der Waals surface area contributed by atoms with E-state index in [-0.39, 0.29) is 6.54 Å². The van der Waals surface area contributed by atoms with Crippen molar-refractivity contribution in [3.8, 4) is 0 Å². The molecule has 1 unspecified atom stereocenters. The molecule has 0 aliphatic heterocycles. The second kappa shape index (κ2) is 9.11. The van der Waals surface area contributed by atoms with Crippen LogP contribution in [0.5, 0.6) is 0 Å². The van der Waals surface area contributed by atoms with Crippen LogP contribution in [-0.4, -0.2) is 50.0 Å². The zero-order valence-corrected chi connectivity index (χ0v) is 10.4. The molecule has 1 atom stereocenters. The molecule has 0 aromatic carbocycles. The molecule has 96 valence electrons. The van der Waals surface area contributed by atoms with Gasteiger partial charge in [0.25, 0.3) is 0 Å². The van der Waals surface area contributed by atoms with Crippen LogP contribution in [0, 0.1) is 0 Å². The number of rotatable bonds is 3. The van der Waals surface area contributed by atoms with Crippen LogP contribution in [0.1, 0.15) is 20.8 Å². The maximum atomic E-state index is 10.9. The number of hydrogen-bond acceptors (Lipinski definition) is 5. The highest BCUT2D eigenvalue weighted by atomic mass is 16.6. The first-order valence-corrected chi connectivity index (χ1v) is 4.77. The SMILES string of the molecule is CC(C)(C)OC(=O)NCC(O)C=O.COC. The second-order valence-electron chi connectivity index (χ2n) is 3.99. The number of carbonyl (C=O) groups is 2. The van der Waals surface area contributed by atoms with E-state index in [1.54, 1.807) is 35.0 Å². The third-order valence-corrected chi connectivity index (χ3v) is 1.01. The van der Waals surface area contributed by atoms with Crippen molar-refractivity contribution in [1.29, 1.82) is 0 Å². The van der Waals surface area contributed by atoms with Gasteiger partial charge in [-0.3, -0.25) is 0 Å². The number of carbonyl (C=O) groups excluding carboxylic acids is 2. The van der Waals surface area contributed by atoms with Crippen LogP contribution < -0.4 is 5.32 Å². The highest BCUT2D eigenvalue weighted by Gasteiger charge is 2.16. The molecule has 0 fully saturated rings. The molecule has 16 heavy (non-hydrogen) atoms. The van der Waals surface area contributed by atoms with E-state index in [2.05, 4.69) is 10.1 Å². The summed E-state index contributed by atoms with van der Waals surface area (Å²) in [5.74, 6) is 0. The average molecular weight is 235 g/mol. The molecule has 0 aliphatic rings. The lowest BCUT2D eigenvalue weighted by Crippen LogP contribution is -2.37. The molecule has 6 nitrogen and oxygen atoms in total. The predicted octanol–water partition coefficient (Wildman–Crippen LogP) is 0.333. The lowest BCUT2D eigenvalue weighted by molar-refractivity contribution is -0.114. The second-order valence-corrected chi connectivity index (χ2v) is 3.99. The standard InChI is InChI=1S/C8H15NO4.C2H6O/c1-8(2,3)13-7(12)9-4-6(11)5-10;1-3-2/h5-6,11H,4H2,1-3H3,(H,9,12);1-2H3. The van der Waals surface area contributed by atoms with Gasteiger partial charge in [0.15, 0.2) is 0 Å². The molecule has 1 amide bonds. The molecule has 0 radical (unpaired) electrons. The third-order valence-electron chi connectivity index (χ3n) is 1.01. The molecule has 0 saturated carbocycles. The minimum atomic E-state index is -1.17. The lowest BCUT2D eigenvalue weighted by atomic mass is 10.2. The van der Waals surface area contributed by atoms with Crippen LogP contribution in [0.3, 0.4) is 0 Å². The van der Waals surface area contributed by atoms with Gasteiger partial charge in [-0.05, 0) is 20.8 Å². The topological polar surface area (TPSA) is 84.9 Å². The molecule has 0 aliphatic carbocycles. The van der Waals surface area contributed by atoms with Crippen LogP contribution in [0.25, 0.3) is 0 Å². The quantitative estimate of drug-likeness (QED) is 0.689. The Labute approximate surface area is 95.9 Å². The van der Waals surface area contributed by atoms with E-state index < -0.39 is 17.8 Å². The molecule has 2 N–H and O–H groups in total. The minimum Gasteiger partial charge on any atom is -0.444 e. The third kappa shape index (κ3) is 15.3. The zero-order valence-electron chi connectivity index (χ0n) is 10.4. The summed E-state index contributed by atoms with van der Waals surface area (Å²) in [5.41, 5.74) is -0.573. The zero-order chi connectivity index (χ0) is 13.2. The molecule has 0 spiro atoms. The molecule has 0 saturated heterocycles. The Morgan fingerprint density at radius 2 is 1.88 bits per heavy atom. The lowest BCUT2D eigenvalue weighted by Gasteiger charge is -2.19. The summed E-state index contributed by atoms with van der Waals surface area (Å²) in [5, 5.41) is 11.0. The summed E-state index contributed by atoms with van der Waals surface area (Å²) in [7, 11) is 3.25. The number of nitrogens with one attached hydrogen (secondary N) is 1. The Kier molecular flexibility index (Phi) is 9.83. The first-order valence-electron chi connectivity index (χ1n) is 4.77. The number of hydrogen-bond donors (Lipinski definition) is 2. The van der Waals surface area contributed by atoms with Crippen molar-refractivity contribution >= 4 is 12.4 Å². The van der Waals surface area contributed by atoms with Gasteiger partial charge >= 0.3 is 6.09 Å². The van der Waals surface area contributed by atoms with Gasteiger partial charge < -0.3 is 24.7 Å². The molecular weight excluding hydrogens is 214 g/mol. The highest BCUT2D eigenvalue weighted by Crippen LogP contribution is 2.06. The van der Waals surface area contributed by atoms with Gasteiger partial charge in [-0.2, -0.15) is 0 Å². The van der Waals surface area contributed by atoms with Crippen LogP contribution in [-0.2, 0) is 14.3 Å². The van der Waals surface area contributed by atoms with Gasteiger partial charge in [-0.25, -0.2) is 4.79 Å². The number of aldehydes is 1. The number of alkyl carbamates (subject to hydrolysis) is 1. The van der Waals surface area contributed by atoms with Gasteiger partial charge in [-0.1, -0.05) is 0 Å². The van der Waals surface area contributed by atoms with Crippen LogP contribution in [0.2, 0.25) is 0 Å².